The van der Waals surface area contributed by atoms with Crippen LogP contribution in [0.3, 0.4) is 0 Å². The number of benzene rings is 2. The number of aromatic nitrogens is 1. The predicted molar refractivity (Wildman–Crippen MR) is 92.4 cm³/mol. The molecule has 2 N–H and O–H groups in total. The lowest BCUT2D eigenvalue weighted by molar-refractivity contribution is 0.432. The van der Waals surface area contributed by atoms with E-state index < -0.39 is 11.2 Å². The minimum Gasteiger partial charge on any atom is -0.612 e. The van der Waals surface area contributed by atoms with Crippen LogP contribution >= 0.6 is 0 Å². The molecule has 5 nitrogen and oxygen atoms in total. The third kappa shape index (κ3) is 2.98. The van der Waals surface area contributed by atoms with Gasteiger partial charge in [-0.1, -0.05) is 12.1 Å². The van der Waals surface area contributed by atoms with Crippen LogP contribution in [0.5, 0.6) is 11.5 Å². The molecule has 0 aliphatic heterocycles. The zero-order valence-electron chi connectivity index (χ0n) is 13.3. The van der Waals surface area contributed by atoms with E-state index in [4.69, 9.17) is 4.52 Å². The minimum atomic E-state index is -1.28. The molecule has 0 radical (unpaired) electrons. The smallest absolute Gasteiger partial charge is 0.175 e. The molecule has 24 heavy (non-hydrogen) atoms. The molecule has 0 bridgehead atoms. The van der Waals surface area contributed by atoms with Crippen molar-refractivity contribution in [1.82, 2.24) is 5.16 Å². The number of phenols is 2. The fourth-order valence-corrected chi connectivity index (χ4v) is 3.39. The highest BCUT2D eigenvalue weighted by molar-refractivity contribution is 7.90. The van der Waals surface area contributed by atoms with Gasteiger partial charge >= 0.3 is 0 Å². The van der Waals surface area contributed by atoms with Crippen molar-refractivity contribution >= 4 is 11.2 Å². The van der Waals surface area contributed by atoms with Gasteiger partial charge in [-0.2, -0.15) is 0 Å². The number of rotatable bonds is 4. The number of nitrogens with zero attached hydrogens (tertiary/aromatic N) is 1. The van der Waals surface area contributed by atoms with Crippen LogP contribution in [0.1, 0.15) is 12.5 Å². The van der Waals surface area contributed by atoms with Crippen molar-refractivity contribution in [2.24, 2.45) is 0 Å². The first-order valence-corrected chi connectivity index (χ1v) is 9.01. The van der Waals surface area contributed by atoms with Crippen molar-refractivity contribution in [3.05, 3.63) is 48.0 Å². The first-order valence-electron chi connectivity index (χ1n) is 7.46. The highest BCUT2D eigenvalue weighted by Crippen LogP contribution is 2.37. The average molecular weight is 343 g/mol. The number of aromatic hydroxyl groups is 2. The van der Waals surface area contributed by atoms with Crippen LogP contribution in [0.15, 0.2) is 51.9 Å². The monoisotopic (exact) mass is 343 g/mol. The van der Waals surface area contributed by atoms with Crippen LogP contribution < -0.4 is 0 Å². The van der Waals surface area contributed by atoms with Gasteiger partial charge in [-0.25, -0.2) is 0 Å². The molecule has 0 aliphatic carbocycles. The predicted octanol–water partition coefficient (Wildman–Crippen LogP) is 3.72. The Bertz CT molecular complexity index is 856. The third-order valence-corrected chi connectivity index (χ3v) is 4.76. The number of hydrogen-bond donors (Lipinski definition) is 2. The first kappa shape index (κ1) is 16.4. The zero-order chi connectivity index (χ0) is 17.3. The fraction of sp³-hybridized carbons (Fsp3) is 0.167. The molecule has 0 amide bonds. The van der Waals surface area contributed by atoms with Gasteiger partial charge in [-0.3, -0.25) is 0 Å². The van der Waals surface area contributed by atoms with Crippen molar-refractivity contribution in [2.45, 2.75) is 18.2 Å². The Hall–Kier alpha value is -2.44. The molecule has 124 valence electrons. The van der Waals surface area contributed by atoms with Gasteiger partial charge in [0.25, 0.3) is 0 Å². The molecule has 0 fully saturated rings. The summed E-state index contributed by atoms with van der Waals surface area (Å²) in [5, 5.41) is 23.3. The highest BCUT2D eigenvalue weighted by Gasteiger charge is 2.23. The van der Waals surface area contributed by atoms with Crippen molar-refractivity contribution < 1.29 is 19.3 Å². The van der Waals surface area contributed by atoms with Crippen LogP contribution in [-0.4, -0.2) is 26.2 Å². The Balaban J connectivity index is 2.16. The van der Waals surface area contributed by atoms with Gasteiger partial charge in [0.15, 0.2) is 10.7 Å². The molecule has 3 aromatic rings. The van der Waals surface area contributed by atoms with Gasteiger partial charge in [0.2, 0.25) is 0 Å². The lowest BCUT2D eigenvalue weighted by Crippen LogP contribution is -2.00. The molecular formula is C18H17NO4S. The largest absolute Gasteiger partial charge is 0.612 e. The maximum Gasteiger partial charge on any atom is 0.175 e. The Morgan fingerprint density at radius 3 is 2.38 bits per heavy atom. The van der Waals surface area contributed by atoms with Gasteiger partial charge in [0.1, 0.15) is 23.4 Å². The van der Waals surface area contributed by atoms with Gasteiger partial charge in [0, 0.05) is 17.2 Å². The molecule has 0 saturated heterocycles. The summed E-state index contributed by atoms with van der Waals surface area (Å²) < 4.78 is 17.6. The zero-order valence-corrected chi connectivity index (χ0v) is 14.1. The first-order chi connectivity index (χ1) is 11.5. The van der Waals surface area contributed by atoms with Crippen LogP contribution in [0, 0.1) is 0 Å². The summed E-state index contributed by atoms with van der Waals surface area (Å²) >= 11 is -1.28. The molecule has 0 spiro atoms. The molecule has 1 aromatic heterocycles. The van der Waals surface area contributed by atoms with Crippen LogP contribution in [-0.2, 0) is 17.6 Å². The highest BCUT2D eigenvalue weighted by atomic mass is 32.2. The molecule has 1 heterocycles. The maximum atomic E-state index is 12.0. The van der Waals surface area contributed by atoms with Crippen molar-refractivity contribution in [3.8, 4) is 34.1 Å². The summed E-state index contributed by atoms with van der Waals surface area (Å²) in [6, 6.07) is 11.4. The minimum absolute atomic E-state index is 0.0558. The van der Waals surface area contributed by atoms with Gasteiger partial charge in [-0.15, -0.1) is 0 Å². The second kappa shape index (κ2) is 6.59. The van der Waals surface area contributed by atoms with Crippen LogP contribution in [0.4, 0.5) is 0 Å². The molecule has 0 aliphatic rings. The fourth-order valence-electron chi connectivity index (χ4n) is 2.63. The van der Waals surface area contributed by atoms with E-state index in [9.17, 15) is 14.8 Å². The van der Waals surface area contributed by atoms with Gasteiger partial charge in [-0.05, 0) is 54.0 Å². The molecule has 6 heteroatoms. The van der Waals surface area contributed by atoms with E-state index in [1.807, 2.05) is 6.92 Å². The number of phenolic OH excluding ortho intramolecular Hbond substituents is 2. The van der Waals surface area contributed by atoms with Gasteiger partial charge < -0.3 is 19.3 Å². The Morgan fingerprint density at radius 1 is 1.08 bits per heavy atom. The van der Waals surface area contributed by atoms with E-state index in [-0.39, 0.29) is 11.5 Å². The summed E-state index contributed by atoms with van der Waals surface area (Å²) in [7, 11) is 0. The average Bonchev–Trinajstić information content (AvgIpc) is 2.99. The second-order valence-electron chi connectivity index (χ2n) is 5.37. The van der Waals surface area contributed by atoms with Crippen LogP contribution in [0.2, 0.25) is 0 Å². The quantitative estimate of drug-likeness (QED) is 0.705. The van der Waals surface area contributed by atoms with E-state index in [0.717, 1.165) is 11.1 Å². The maximum absolute atomic E-state index is 12.0. The number of hydrogen-bond acceptors (Lipinski definition) is 5. The summed E-state index contributed by atoms with van der Waals surface area (Å²) in [5.74, 6) is 0.786. The topological polar surface area (TPSA) is 89.6 Å². The molecule has 1 unspecified atom stereocenters. The summed E-state index contributed by atoms with van der Waals surface area (Å²) in [4.78, 5) is 0.498. The molecule has 1 atom stereocenters. The SMILES string of the molecule is CCc1c(-c2ccc(O)cc2)noc1-c1ccc(O)cc1[S+](C)[O-]. The van der Waals surface area contributed by atoms with Gasteiger partial charge in [0.05, 0.1) is 5.56 Å². The van der Waals surface area contributed by atoms with E-state index >= 15 is 0 Å². The van der Waals surface area contributed by atoms with Crippen molar-refractivity contribution in [1.29, 1.82) is 0 Å². The van der Waals surface area contributed by atoms with Crippen LogP contribution in [0.25, 0.3) is 22.6 Å². The molecular weight excluding hydrogens is 326 g/mol. The lowest BCUT2D eigenvalue weighted by atomic mass is 10.0. The Labute approximate surface area is 142 Å². The summed E-state index contributed by atoms with van der Waals surface area (Å²) in [5.41, 5.74) is 3.06. The lowest BCUT2D eigenvalue weighted by Gasteiger charge is -2.10. The van der Waals surface area contributed by atoms with E-state index in [1.165, 1.54) is 12.1 Å². The van der Waals surface area contributed by atoms with E-state index in [1.54, 1.807) is 36.6 Å². The molecule has 3 rings (SSSR count). The summed E-state index contributed by atoms with van der Waals surface area (Å²) in [6.45, 7) is 1.99. The summed E-state index contributed by atoms with van der Waals surface area (Å²) in [6.07, 6.45) is 2.23. The van der Waals surface area contributed by atoms with Crippen molar-refractivity contribution in [2.75, 3.05) is 6.26 Å². The second-order valence-corrected chi connectivity index (χ2v) is 6.72. The van der Waals surface area contributed by atoms with E-state index in [0.29, 0.717) is 28.3 Å². The standard InChI is InChI=1S/C18H17NO4S/c1-3-14-17(11-4-6-12(20)7-5-11)19-23-18(14)15-9-8-13(21)10-16(15)24(2)22/h4-10,20-21H,3H2,1-2H3. The molecule has 0 saturated carbocycles. The van der Waals surface area contributed by atoms with Crippen molar-refractivity contribution in [3.63, 3.8) is 0 Å². The normalized spacial score (nSPS) is 12.3. The molecule has 2 aromatic carbocycles. The Morgan fingerprint density at radius 2 is 1.75 bits per heavy atom. The van der Waals surface area contributed by atoms with E-state index in [2.05, 4.69) is 5.16 Å². The third-order valence-electron chi connectivity index (χ3n) is 3.80. The Kier molecular flexibility index (Phi) is 4.51.